The Hall–Kier alpha value is -3.46. The van der Waals surface area contributed by atoms with Crippen molar-refractivity contribution in [2.24, 2.45) is 0 Å². The molecular formula is C20H18F3N5O5S2. The molecule has 0 bridgehead atoms. The SMILES string of the molecule is COc1ccc(N(C(=O)CSc2cc(C(F)(F)F)nc(-c3ccccn3)n2)S(C)(=O)=O)c(OC)n1. The lowest BCUT2D eigenvalue weighted by Crippen LogP contribution is -2.37. The van der Waals surface area contributed by atoms with Gasteiger partial charge in [0.25, 0.3) is 5.91 Å². The van der Waals surface area contributed by atoms with Crippen LogP contribution < -0.4 is 13.8 Å². The molecule has 0 saturated heterocycles. The van der Waals surface area contributed by atoms with Crippen molar-refractivity contribution >= 4 is 33.4 Å². The number of alkyl halides is 3. The standard InChI is InChI=1S/C20H18F3N5O5S2/c1-32-15-8-7-13(19(26-15)33-2)28(35(3,30)31)17(29)11-34-16-10-14(20(21,22)23)25-18(27-16)12-6-4-5-9-24-12/h4-10H,11H2,1-3H3. The van der Waals surface area contributed by atoms with Crippen molar-refractivity contribution in [2.45, 2.75) is 11.2 Å². The van der Waals surface area contributed by atoms with Gasteiger partial charge in [-0.15, -0.1) is 0 Å². The maximum absolute atomic E-state index is 13.4. The minimum absolute atomic E-state index is 0.0959. The van der Waals surface area contributed by atoms with Crippen LogP contribution >= 0.6 is 11.8 Å². The summed E-state index contributed by atoms with van der Waals surface area (Å²) in [5.74, 6) is -1.92. The number of carbonyl (C=O) groups is 1. The van der Waals surface area contributed by atoms with Crippen LogP contribution in [0.5, 0.6) is 11.8 Å². The number of hydrogen-bond acceptors (Lipinski definition) is 10. The fourth-order valence-electron chi connectivity index (χ4n) is 2.78. The maximum Gasteiger partial charge on any atom is 0.433 e. The number of hydrogen-bond donors (Lipinski definition) is 0. The number of nitrogens with zero attached hydrogens (tertiary/aromatic N) is 5. The minimum Gasteiger partial charge on any atom is -0.481 e. The summed E-state index contributed by atoms with van der Waals surface area (Å²) < 4.78 is 75.6. The molecule has 1 amide bonds. The summed E-state index contributed by atoms with van der Waals surface area (Å²) in [6.07, 6.45) is -2.62. The Morgan fingerprint density at radius 3 is 2.40 bits per heavy atom. The second kappa shape index (κ2) is 10.4. The highest BCUT2D eigenvalue weighted by Gasteiger charge is 2.34. The average Bonchev–Trinajstić information content (AvgIpc) is 2.82. The lowest BCUT2D eigenvalue weighted by molar-refractivity contribution is -0.141. The van der Waals surface area contributed by atoms with Crippen LogP contribution in [0, 0.1) is 0 Å². The average molecular weight is 530 g/mol. The molecule has 0 radical (unpaired) electrons. The Morgan fingerprint density at radius 2 is 1.83 bits per heavy atom. The van der Waals surface area contributed by atoms with Gasteiger partial charge < -0.3 is 9.47 Å². The van der Waals surface area contributed by atoms with Crippen molar-refractivity contribution in [3.05, 3.63) is 48.3 Å². The summed E-state index contributed by atoms with van der Waals surface area (Å²) >= 11 is 0.607. The van der Waals surface area contributed by atoms with Crippen LogP contribution in [0.25, 0.3) is 11.5 Å². The molecule has 0 N–H and O–H groups in total. The molecule has 3 rings (SSSR count). The molecule has 3 aromatic heterocycles. The first-order valence-electron chi connectivity index (χ1n) is 9.56. The quantitative estimate of drug-likeness (QED) is 0.318. The molecule has 0 saturated carbocycles. The van der Waals surface area contributed by atoms with Crippen LogP contribution in [-0.4, -0.2) is 60.5 Å². The van der Waals surface area contributed by atoms with E-state index in [0.29, 0.717) is 22.1 Å². The van der Waals surface area contributed by atoms with Crippen molar-refractivity contribution in [2.75, 3.05) is 30.5 Å². The van der Waals surface area contributed by atoms with Crippen LogP contribution in [0.4, 0.5) is 18.9 Å². The third kappa shape index (κ3) is 6.36. The van der Waals surface area contributed by atoms with Crippen LogP contribution in [-0.2, 0) is 21.0 Å². The summed E-state index contributed by atoms with van der Waals surface area (Å²) in [5.41, 5.74) is -1.32. The van der Waals surface area contributed by atoms with E-state index in [1.165, 1.54) is 38.6 Å². The highest BCUT2D eigenvalue weighted by Crippen LogP contribution is 2.33. The highest BCUT2D eigenvalue weighted by atomic mass is 32.2. The Labute approximate surface area is 202 Å². The van der Waals surface area contributed by atoms with E-state index in [0.717, 1.165) is 6.26 Å². The van der Waals surface area contributed by atoms with Crippen LogP contribution in [0.3, 0.4) is 0 Å². The Balaban J connectivity index is 1.95. The number of aromatic nitrogens is 4. The third-order valence-electron chi connectivity index (χ3n) is 4.22. The van der Waals surface area contributed by atoms with Crippen molar-refractivity contribution in [1.29, 1.82) is 0 Å². The zero-order chi connectivity index (χ0) is 25.8. The van der Waals surface area contributed by atoms with Gasteiger partial charge in [-0.1, -0.05) is 17.8 Å². The summed E-state index contributed by atoms with van der Waals surface area (Å²) in [5, 5.41) is -0.199. The first-order valence-corrected chi connectivity index (χ1v) is 12.4. The van der Waals surface area contributed by atoms with Gasteiger partial charge in [0.2, 0.25) is 21.8 Å². The second-order valence-corrected chi connectivity index (χ2v) is 9.55. The molecule has 3 heterocycles. The Morgan fingerprint density at radius 1 is 1.09 bits per heavy atom. The molecule has 35 heavy (non-hydrogen) atoms. The number of rotatable bonds is 8. The maximum atomic E-state index is 13.4. The van der Waals surface area contributed by atoms with E-state index in [4.69, 9.17) is 9.47 Å². The number of amides is 1. The number of thioether (sulfide) groups is 1. The van der Waals surface area contributed by atoms with Crippen molar-refractivity contribution in [3.8, 4) is 23.3 Å². The molecule has 186 valence electrons. The van der Waals surface area contributed by atoms with Crippen LogP contribution in [0.2, 0.25) is 0 Å². The van der Waals surface area contributed by atoms with E-state index in [1.54, 1.807) is 12.1 Å². The van der Waals surface area contributed by atoms with Crippen molar-refractivity contribution < 1.29 is 35.9 Å². The monoisotopic (exact) mass is 529 g/mol. The van der Waals surface area contributed by atoms with Gasteiger partial charge >= 0.3 is 6.18 Å². The number of sulfonamides is 1. The van der Waals surface area contributed by atoms with Crippen LogP contribution in [0.15, 0.2) is 47.6 Å². The minimum atomic E-state index is -4.79. The van der Waals surface area contributed by atoms with E-state index in [1.807, 2.05) is 0 Å². The summed E-state index contributed by atoms with van der Waals surface area (Å²) in [6.45, 7) is 0. The number of ether oxygens (including phenoxy) is 2. The van der Waals surface area contributed by atoms with Gasteiger partial charge in [0.05, 0.1) is 26.2 Å². The van der Waals surface area contributed by atoms with Gasteiger partial charge in [-0.3, -0.25) is 9.78 Å². The van der Waals surface area contributed by atoms with Gasteiger partial charge in [0.15, 0.2) is 5.82 Å². The molecule has 0 unspecified atom stereocenters. The van der Waals surface area contributed by atoms with Gasteiger partial charge in [-0.05, 0) is 18.2 Å². The topological polar surface area (TPSA) is 124 Å². The zero-order valence-electron chi connectivity index (χ0n) is 18.5. The van der Waals surface area contributed by atoms with E-state index in [9.17, 15) is 26.4 Å². The molecule has 0 aliphatic heterocycles. The number of methoxy groups -OCH3 is 2. The van der Waals surface area contributed by atoms with E-state index in [2.05, 4.69) is 19.9 Å². The molecular weight excluding hydrogens is 511 g/mol. The lowest BCUT2D eigenvalue weighted by atomic mass is 10.3. The summed E-state index contributed by atoms with van der Waals surface area (Å²) in [7, 11) is -1.60. The molecule has 0 spiro atoms. The lowest BCUT2D eigenvalue weighted by Gasteiger charge is -2.22. The van der Waals surface area contributed by atoms with Gasteiger partial charge in [-0.25, -0.2) is 22.7 Å². The normalized spacial score (nSPS) is 11.7. The fraction of sp³-hybridized carbons (Fsp3) is 0.250. The number of anilines is 1. The van der Waals surface area contributed by atoms with Crippen molar-refractivity contribution in [3.63, 3.8) is 0 Å². The highest BCUT2D eigenvalue weighted by molar-refractivity contribution is 8.00. The van der Waals surface area contributed by atoms with E-state index < -0.39 is 33.6 Å². The molecule has 0 aromatic carbocycles. The molecule has 15 heteroatoms. The fourth-order valence-corrected chi connectivity index (χ4v) is 4.54. The van der Waals surface area contributed by atoms with E-state index >= 15 is 0 Å². The number of carbonyl (C=O) groups excluding carboxylic acids is 1. The van der Waals surface area contributed by atoms with Crippen LogP contribution in [0.1, 0.15) is 5.69 Å². The third-order valence-corrected chi connectivity index (χ3v) is 6.18. The van der Waals surface area contributed by atoms with E-state index in [-0.39, 0.29) is 34.0 Å². The molecule has 0 fully saturated rings. The number of pyridine rings is 2. The second-order valence-electron chi connectivity index (χ2n) is 6.72. The molecule has 0 aliphatic carbocycles. The smallest absolute Gasteiger partial charge is 0.433 e. The molecule has 3 aromatic rings. The largest absolute Gasteiger partial charge is 0.481 e. The summed E-state index contributed by atoms with van der Waals surface area (Å²) in [6, 6.07) is 7.83. The molecule has 0 atom stereocenters. The summed E-state index contributed by atoms with van der Waals surface area (Å²) in [4.78, 5) is 28.5. The Kier molecular flexibility index (Phi) is 7.80. The molecule has 10 nitrogen and oxygen atoms in total. The predicted octanol–water partition coefficient (Wildman–Crippen LogP) is 3.05. The first-order chi connectivity index (χ1) is 16.4. The molecule has 0 aliphatic rings. The number of halogens is 3. The van der Waals surface area contributed by atoms with Crippen molar-refractivity contribution in [1.82, 2.24) is 19.9 Å². The zero-order valence-corrected chi connectivity index (χ0v) is 20.1. The van der Waals surface area contributed by atoms with Gasteiger partial charge in [-0.2, -0.15) is 18.2 Å². The van der Waals surface area contributed by atoms with Gasteiger partial charge in [0, 0.05) is 18.3 Å². The Bertz CT molecular complexity index is 1320. The first kappa shape index (κ1) is 26.2. The predicted molar refractivity (Wildman–Crippen MR) is 121 cm³/mol. The van der Waals surface area contributed by atoms with Gasteiger partial charge in [0.1, 0.15) is 22.1 Å².